The second kappa shape index (κ2) is 3.58. The lowest BCUT2D eigenvalue weighted by Crippen LogP contribution is -1.80. The maximum atomic E-state index is 5.59. The molecule has 0 unspecified atom stereocenters. The first kappa shape index (κ1) is 8.26. The van der Waals surface area contributed by atoms with E-state index in [-0.39, 0.29) is 0 Å². The van der Waals surface area contributed by atoms with E-state index in [1.165, 1.54) is 0 Å². The SMILES string of the molecule is ClCc1nc(-c2ccccc2)n[nH]1. The zero-order valence-electron chi connectivity index (χ0n) is 6.87. The lowest BCUT2D eigenvalue weighted by molar-refractivity contribution is 1.02. The molecule has 0 atom stereocenters. The maximum absolute atomic E-state index is 5.59. The van der Waals surface area contributed by atoms with Gasteiger partial charge in [0, 0.05) is 5.56 Å². The summed E-state index contributed by atoms with van der Waals surface area (Å²) < 4.78 is 0. The Morgan fingerprint density at radius 2 is 2.00 bits per heavy atom. The minimum atomic E-state index is 0.361. The molecule has 1 aromatic heterocycles. The third-order valence-corrected chi connectivity index (χ3v) is 1.94. The predicted molar refractivity (Wildman–Crippen MR) is 51.4 cm³/mol. The summed E-state index contributed by atoms with van der Waals surface area (Å²) in [5.41, 5.74) is 0.995. The van der Waals surface area contributed by atoms with Crippen LogP contribution in [0.15, 0.2) is 30.3 Å². The minimum absolute atomic E-state index is 0.361. The molecule has 0 saturated heterocycles. The molecule has 3 nitrogen and oxygen atoms in total. The van der Waals surface area contributed by atoms with E-state index in [4.69, 9.17) is 11.6 Å². The van der Waals surface area contributed by atoms with Crippen molar-refractivity contribution in [3.05, 3.63) is 36.2 Å². The summed E-state index contributed by atoms with van der Waals surface area (Å²) in [6.45, 7) is 0. The normalized spacial score (nSPS) is 10.2. The van der Waals surface area contributed by atoms with E-state index in [2.05, 4.69) is 15.2 Å². The van der Waals surface area contributed by atoms with Gasteiger partial charge in [-0.05, 0) is 0 Å². The van der Waals surface area contributed by atoms with Crippen LogP contribution in [-0.4, -0.2) is 15.2 Å². The second-order valence-electron chi connectivity index (χ2n) is 2.61. The highest BCUT2D eigenvalue weighted by atomic mass is 35.5. The highest BCUT2D eigenvalue weighted by Gasteiger charge is 2.02. The number of rotatable bonds is 2. The Labute approximate surface area is 80.8 Å². The molecule has 0 aliphatic carbocycles. The number of hydrogen-bond donors (Lipinski definition) is 1. The van der Waals surface area contributed by atoms with Crippen molar-refractivity contribution >= 4 is 11.6 Å². The molecule has 0 bridgehead atoms. The Kier molecular flexibility index (Phi) is 2.27. The molecule has 0 amide bonds. The van der Waals surface area contributed by atoms with Crippen LogP contribution in [0, 0.1) is 0 Å². The molecule has 66 valence electrons. The summed E-state index contributed by atoms with van der Waals surface area (Å²) in [5, 5.41) is 6.80. The highest BCUT2D eigenvalue weighted by molar-refractivity contribution is 6.16. The van der Waals surface area contributed by atoms with Gasteiger partial charge in [-0.1, -0.05) is 30.3 Å². The number of benzene rings is 1. The van der Waals surface area contributed by atoms with Crippen LogP contribution in [0.3, 0.4) is 0 Å². The lowest BCUT2D eigenvalue weighted by atomic mass is 10.2. The fraction of sp³-hybridized carbons (Fsp3) is 0.111. The van der Waals surface area contributed by atoms with Gasteiger partial charge < -0.3 is 0 Å². The van der Waals surface area contributed by atoms with E-state index in [0.29, 0.717) is 17.5 Å². The van der Waals surface area contributed by atoms with Crippen LogP contribution < -0.4 is 0 Å². The summed E-state index contributed by atoms with van der Waals surface area (Å²) in [7, 11) is 0. The van der Waals surface area contributed by atoms with Gasteiger partial charge in [0.25, 0.3) is 0 Å². The van der Waals surface area contributed by atoms with Gasteiger partial charge in [0.1, 0.15) is 5.82 Å². The monoisotopic (exact) mass is 193 g/mol. The molecular weight excluding hydrogens is 186 g/mol. The molecule has 2 rings (SSSR count). The standard InChI is InChI=1S/C9H8ClN3/c10-6-8-11-9(13-12-8)7-4-2-1-3-5-7/h1-5H,6H2,(H,11,12,13). The fourth-order valence-electron chi connectivity index (χ4n) is 1.07. The van der Waals surface area contributed by atoms with Gasteiger partial charge in [0.2, 0.25) is 0 Å². The lowest BCUT2D eigenvalue weighted by Gasteiger charge is -1.91. The van der Waals surface area contributed by atoms with Crippen LogP contribution in [0.1, 0.15) is 5.82 Å². The zero-order chi connectivity index (χ0) is 9.10. The van der Waals surface area contributed by atoms with Gasteiger partial charge in [0.15, 0.2) is 5.82 Å². The van der Waals surface area contributed by atoms with E-state index in [1.54, 1.807) is 0 Å². The first-order valence-electron chi connectivity index (χ1n) is 3.93. The van der Waals surface area contributed by atoms with E-state index in [1.807, 2.05) is 30.3 Å². The van der Waals surface area contributed by atoms with Crippen molar-refractivity contribution in [2.24, 2.45) is 0 Å². The van der Waals surface area contributed by atoms with Crippen LogP contribution in [0.4, 0.5) is 0 Å². The van der Waals surface area contributed by atoms with Crippen molar-refractivity contribution in [1.29, 1.82) is 0 Å². The topological polar surface area (TPSA) is 41.6 Å². The first-order chi connectivity index (χ1) is 6.40. The summed E-state index contributed by atoms with van der Waals surface area (Å²) in [4.78, 5) is 4.20. The number of hydrogen-bond acceptors (Lipinski definition) is 2. The molecule has 13 heavy (non-hydrogen) atoms. The molecule has 0 aliphatic rings. The number of halogens is 1. The smallest absolute Gasteiger partial charge is 0.181 e. The first-order valence-corrected chi connectivity index (χ1v) is 4.46. The Morgan fingerprint density at radius 1 is 1.23 bits per heavy atom. The van der Waals surface area contributed by atoms with Crippen molar-refractivity contribution in [2.45, 2.75) is 5.88 Å². The Morgan fingerprint density at radius 3 is 2.62 bits per heavy atom. The average Bonchev–Trinajstić information content (AvgIpc) is 2.67. The predicted octanol–water partition coefficient (Wildman–Crippen LogP) is 2.21. The largest absolute Gasteiger partial charge is 0.262 e. The average molecular weight is 194 g/mol. The third kappa shape index (κ3) is 1.70. The zero-order valence-corrected chi connectivity index (χ0v) is 7.62. The van der Waals surface area contributed by atoms with Crippen molar-refractivity contribution in [3.63, 3.8) is 0 Å². The summed E-state index contributed by atoms with van der Waals surface area (Å²) in [5.74, 6) is 1.75. The summed E-state index contributed by atoms with van der Waals surface area (Å²) in [6.07, 6.45) is 0. The molecule has 4 heteroatoms. The van der Waals surface area contributed by atoms with Crippen LogP contribution in [0.5, 0.6) is 0 Å². The molecule has 0 saturated carbocycles. The fourth-order valence-corrected chi connectivity index (χ4v) is 1.19. The van der Waals surface area contributed by atoms with Gasteiger partial charge >= 0.3 is 0 Å². The van der Waals surface area contributed by atoms with E-state index in [0.717, 1.165) is 5.56 Å². The molecule has 1 aromatic carbocycles. The van der Waals surface area contributed by atoms with E-state index in [9.17, 15) is 0 Å². The Bertz CT molecular complexity index is 383. The quantitative estimate of drug-likeness (QED) is 0.743. The number of nitrogens with one attached hydrogen (secondary N) is 1. The number of aromatic nitrogens is 3. The second-order valence-corrected chi connectivity index (χ2v) is 2.87. The van der Waals surface area contributed by atoms with Crippen LogP contribution in [0.2, 0.25) is 0 Å². The summed E-state index contributed by atoms with van der Waals surface area (Å²) in [6, 6.07) is 9.78. The van der Waals surface area contributed by atoms with Gasteiger partial charge in [0.05, 0.1) is 5.88 Å². The van der Waals surface area contributed by atoms with E-state index >= 15 is 0 Å². The van der Waals surface area contributed by atoms with Crippen LogP contribution in [0.25, 0.3) is 11.4 Å². The number of aromatic amines is 1. The van der Waals surface area contributed by atoms with Crippen molar-refractivity contribution < 1.29 is 0 Å². The molecule has 0 spiro atoms. The molecular formula is C9H8ClN3. The molecule has 0 fully saturated rings. The third-order valence-electron chi connectivity index (χ3n) is 1.69. The molecule has 2 aromatic rings. The summed E-state index contributed by atoms with van der Waals surface area (Å²) >= 11 is 5.59. The highest BCUT2D eigenvalue weighted by Crippen LogP contribution is 2.13. The van der Waals surface area contributed by atoms with Crippen molar-refractivity contribution in [1.82, 2.24) is 15.2 Å². The van der Waals surface area contributed by atoms with Gasteiger partial charge in [-0.25, -0.2) is 4.98 Å². The number of alkyl halides is 1. The van der Waals surface area contributed by atoms with Gasteiger partial charge in [-0.15, -0.1) is 11.6 Å². The van der Waals surface area contributed by atoms with Crippen molar-refractivity contribution in [2.75, 3.05) is 0 Å². The van der Waals surface area contributed by atoms with E-state index < -0.39 is 0 Å². The minimum Gasteiger partial charge on any atom is -0.262 e. The van der Waals surface area contributed by atoms with Crippen LogP contribution >= 0.6 is 11.6 Å². The van der Waals surface area contributed by atoms with Crippen LogP contribution in [-0.2, 0) is 5.88 Å². The molecule has 0 radical (unpaired) electrons. The molecule has 0 aliphatic heterocycles. The van der Waals surface area contributed by atoms with Crippen molar-refractivity contribution in [3.8, 4) is 11.4 Å². The number of H-pyrrole nitrogens is 1. The molecule has 1 heterocycles. The van der Waals surface area contributed by atoms with Gasteiger partial charge in [-0.2, -0.15) is 5.10 Å². The van der Waals surface area contributed by atoms with Gasteiger partial charge in [-0.3, -0.25) is 5.10 Å². The Balaban J connectivity index is 2.36. The molecule has 1 N–H and O–H groups in total. The maximum Gasteiger partial charge on any atom is 0.181 e. The number of nitrogens with zero attached hydrogens (tertiary/aromatic N) is 2. The Hall–Kier alpha value is -1.35.